The van der Waals surface area contributed by atoms with Crippen molar-refractivity contribution in [3.05, 3.63) is 28.7 Å². The molecule has 0 amide bonds. The molecule has 0 spiro atoms. The Morgan fingerprint density at radius 3 is 2.82 bits per heavy atom. The molecule has 0 saturated carbocycles. The van der Waals surface area contributed by atoms with Gasteiger partial charge in [0, 0.05) is 12.5 Å². The van der Waals surface area contributed by atoms with Crippen LogP contribution in [-0.4, -0.2) is 29.4 Å². The van der Waals surface area contributed by atoms with Crippen molar-refractivity contribution in [1.82, 2.24) is 14.4 Å². The van der Waals surface area contributed by atoms with Gasteiger partial charge in [0.1, 0.15) is 10.3 Å². The van der Waals surface area contributed by atoms with Crippen LogP contribution in [0.1, 0.15) is 55.9 Å². The Hall–Kier alpha value is -1.25. The minimum Gasteiger partial charge on any atom is -0.338 e. The first-order valence-electron chi connectivity index (χ1n) is 7.30. The number of sulfonamides is 1. The maximum absolute atomic E-state index is 12.9. The lowest BCUT2D eigenvalue weighted by Gasteiger charge is -2.20. The van der Waals surface area contributed by atoms with Crippen LogP contribution in [0.4, 0.5) is 0 Å². The van der Waals surface area contributed by atoms with Gasteiger partial charge in [0.15, 0.2) is 5.82 Å². The monoisotopic (exact) mass is 341 g/mol. The molecule has 22 heavy (non-hydrogen) atoms. The van der Waals surface area contributed by atoms with Crippen molar-refractivity contribution < 1.29 is 12.9 Å². The first-order chi connectivity index (χ1) is 10.4. The van der Waals surface area contributed by atoms with Gasteiger partial charge in [0.2, 0.25) is 5.89 Å². The first kappa shape index (κ1) is 15.6. The van der Waals surface area contributed by atoms with Crippen LogP contribution in [0.3, 0.4) is 0 Å². The van der Waals surface area contributed by atoms with E-state index in [4.69, 9.17) is 4.52 Å². The number of nitrogens with zero attached hydrogens (tertiary/aromatic N) is 3. The Labute approximate surface area is 134 Å². The maximum Gasteiger partial charge on any atom is 0.253 e. The zero-order valence-corrected chi connectivity index (χ0v) is 14.4. The van der Waals surface area contributed by atoms with Crippen LogP contribution >= 0.6 is 11.3 Å². The van der Waals surface area contributed by atoms with Gasteiger partial charge in [-0.2, -0.15) is 9.29 Å². The van der Waals surface area contributed by atoms with Gasteiger partial charge >= 0.3 is 0 Å². The van der Waals surface area contributed by atoms with Crippen LogP contribution in [0.15, 0.2) is 20.2 Å². The zero-order chi connectivity index (χ0) is 15.9. The Kier molecular flexibility index (Phi) is 4.09. The van der Waals surface area contributed by atoms with Crippen LogP contribution in [0.25, 0.3) is 0 Å². The van der Waals surface area contributed by atoms with Crippen LogP contribution in [0.2, 0.25) is 0 Å². The van der Waals surface area contributed by atoms with E-state index >= 15 is 0 Å². The van der Waals surface area contributed by atoms with Crippen molar-refractivity contribution in [3.63, 3.8) is 0 Å². The third-order valence-corrected chi connectivity index (χ3v) is 7.39. The minimum absolute atomic E-state index is 0.156. The van der Waals surface area contributed by atoms with Crippen molar-refractivity contribution in [3.8, 4) is 0 Å². The predicted octanol–water partition coefficient (Wildman–Crippen LogP) is 3.09. The molecule has 8 heteroatoms. The highest BCUT2D eigenvalue weighted by atomic mass is 32.2. The normalized spacial score (nSPS) is 20.1. The van der Waals surface area contributed by atoms with Crippen molar-refractivity contribution in [2.45, 2.75) is 49.8 Å². The second kappa shape index (κ2) is 5.75. The molecule has 3 rings (SSSR count). The molecule has 0 N–H and O–H groups in total. The van der Waals surface area contributed by atoms with Crippen molar-refractivity contribution in [2.75, 3.05) is 6.54 Å². The molecule has 120 valence electrons. The highest BCUT2D eigenvalue weighted by Crippen LogP contribution is 2.38. The lowest BCUT2D eigenvalue weighted by atomic mass is 10.2. The van der Waals surface area contributed by atoms with E-state index in [1.807, 2.05) is 26.8 Å². The molecule has 1 atom stereocenters. The van der Waals surface area contributed by atoms with Crippen molar-refractivity contribution in [2.24, 2.45) is 0 Å². The second-order valence-electron chi connectivity index (χ2n) is 5.81. The predicted molar refractivity (Wildman–Crippen MR) is 83.3 cm³/mol. The SMILES string of the molecule is Cc1ccsc1S(=O)(=O)N1CCC[C@H]1c1nc(C(C)C)no1. The fraction of sp³-hybridized carbons (Fsp3) is 0.571. The molecule has 3 heterocycles. The van der Waals surface area contributed by atoms with Gasteiger partial charge in [0.05, 0.1) is 0 Å². The summed E-state index contributed by atoms with van der Waals surface area (Å²) in [6.45, 7) is 6.27. The molecule has 0 aromatic carbocycles. The summed E-state index contributed by atoms with van der Waals surface area (Å²) in [7, 11) is -3.51. The molecular formula is C14H19N3O3S2. The number of aromatic nitrogens is 2. The summed E-state index contributed by atoms with van der Waals surface area (Å²) in [5.74, 6) is 1.18. The third-order valence-electron chi connectivity index (χ3n) is 3.82. The van der Waals surface area contributed by atoms with E-state index in [1.54, 1.807) is 5.38 Å². The van der Waals surface area contributed by atoms with Crippen LogP contribution < -0.4 is 0 Å². The summed E-state index contributed by atoms with van der Waals surface area (Å²) >= 11 is 1.25. The average Bonchev–Trinajstić information content (AvgIpc) is 3.18. The van der Waals surface area contributed by atoms with E-state index < -0.39 is 10.0 Å². The van der Waals surface area contributed by atoms with Crippen LogP contribution in [0.5, 0.6) is 0 Å². The molecule has 0 radical (unpaired) electrons. The smallest absolute Gasteiger partial charge is 0.253 e. The van der Waals surface area contributed by atoms with Crippen molar-refractivity contribution in [1.29, 1.82) is 0 Å². The topological polar surface area (TPSA) is 76.3 Å². The molecule has 0 unspecified atom stereocenters. The molecule has 1 saturated heterocycles. The molecule has 1 aliphatic heterocycles. The van der Waals surface area contributed by atoms with Crippen LogP contribution in [-0.2, 0) is 10.0 Å². The van der Waals surface area contributed by atoms with Gasteiger partial charge in [-0.3, -0.25) is 0 Å². The summed E-state index contributed by atoms with van der Waals surface area (Å²) in [5.41, 5.74) is 0.782. The molecular weight excluding hydrogens is 322 g/mol. The third kappa shape index (κ3) is 2.59. The Balaban J connectivity index is 1.94. The summed E-state index contributed by atoms with van der Waals surface area (Å²) in [6, 6.07) is 1.47. The summed E-state index contributed by atoms with van der Waals surface area (Å²) in [6.07, 6.45) is 1.51. The number of hydrogen-bond donors (Lipinski definition) is 0. The fourth-order valence-electron chi connectivity index (χ4n) is 2.62. The lowest BCUT2D eigenvalue weighted by Crippen LogP contribution is -2.30. The Bertz CT molecular complexity index is 764. The van der Waals surface area contributed by atoms with E-state index in [0.717, 1.165) is 12.0 Å². The lowest BCUT2D eigenvalue weighted by molar-refractivity contribution is 0.289. The average molecular weight is 341 g/mol. The van der Waals surface area contributed by atoms with E-state index in [9.17, 15) is 8.42 Å². The van der Waals surface area contributed by atoms with Crippen LogP contribution in [0, 0.1) is 6.92 Å². The summed E-state index contributed by atoms with van der Waals surface area (Å²) < 4.78 is 33.0. The van der Waals surface area contributed by atoms with Gasteiger partial charge in [-0.25, -0.2) is 8.42 Å². The quantitative estimate of drug-likeness (QED) is 0.854. The van der Waals surface area contributed by atoms with Gasteiger partial charge in [-0.05, 0) is 36.8 Å². The van der Waals surface area contributed by atoms with Gasteiger partial charge in [-0.15, -0.1) is 11.3 Å². The fourth-order valence-corrected chi connectivity index (χ4v) is 5.80. The maximum atomic E-state index is 12.9. The number of thiophene rings is 1. The highest BCUT2D eigenvalue weighted by molar-refractivity contribution is 7.91. The zero-order valence-electron chi connectivity index (χ0n) is 12.8. The Morgan fingerprint density at radius 1 is 1.45 bits per heavy atom. The molecule has 1 fully saturated rings. The van der Waals surface area contributed by atoms with E-state index in [0.29, 0.717) is 28.9 Å². The van der Waals surface area contributed by atoms with Gasteiger partial charge in [0.25, 0.3) is 10.0 Å². The van der Waals surface area contributed by atoms with E-state index in [1.165, 1.54) is 15.6 Å². The largest absolute Gasteiger partial charge is 0.338 e. The molecule has 6 nitrogen and oxygen atoms in total. The number of hydrogen-bond acceptors (Lipinski definition) is 6. The molecule has 0 bridgehead atoms. The summed E-state index contributed by atoms with van der Waals surface area (Å²) in [5, 5.41) is 5.75. The molecule has 1 aliphatic rings. The van der Waals surface area contributed by atoms with Gasteiger partial charge in [-0.1, -0.05) is 19.0 Å². The number of aryl methyl sites for hydroxylation is 1. The molecule has 0 aliphatic carbocycles. The van der Waals surface area contributed by atoms with E-state index in [-0.39, 0.29) is 12.0 Å². The minimum atomic E-state index is -3.51. The van der Waals surface area contributed by atoms with Gasteiger partial charge < -0.3 is 4.52 Å². The second-order valence-corrected chi connectivity index (χ2v) is 8.81. The molecule has 2 aromatic rings. The highest BCUT2D eigenvalue weighted by Gasteiger charge is 2.40. The Morgan fingerprint density at radius 2 is 2.23 bits per heavy atom. The van der Waals surface area contributed by atoms with E-state index in [2.05, 4.69) is 10.1 Å². The standard InChI is InChI=1S/C14H19N3O3S2/c1-9(2)12-15-13(20-16-12)11-5-4-7-17(11)22(18,19)14-10(3)6-8-21-14/h6,8-9,11H,4-5,7H2,1-3H3/t11-/m0/s1. The molecule has 2 aromatic heterocycles. The first-order valence-corrected chi connectivity index (χ1v) is 9.62. The van der Waals surface area contributed by atoms with Crippen molar-refractivity contribution >= 4 is 21.4 Å². The summed E-state index contributed by atoms with van der Waals surface area (Å²) in [4.78, 5) is 4.38. The number of rotatable bonds is 4.